The van der Waals surface area contributed by atoms with Crippen LogP contribution in [0.5, 0.6) is 0 Å². The summed E-state index contributed by atoms with van der Waals surface area (Å²) in [5.74, 6) is -0.251. The van der Waals surface area contributed by atoms with E-state index in [4.69, 9.17) is 0 Å². The predicted octanol–water partition coefficient (Wildman–Crippen LogP) is 0.981. The molecule has 0 radical (unpaired) electrons. The second-order valence-corrected chi connectivity index (χ2v) is 9.75. The molecule has 2 N–H and O–H groups in total. The lowest BCUT2D eigenvalue weighted by Gasteiger charge is -2.12. The Morgan fingerprint density at radius 3 is 2.19 bits per heavy atom. The van der Waals surface area contributed by atoms with E-state index in [-0.39, 0.29) is 21.4 Å². The lowest BCUT2D eigenvalue weighted by atomic mass is 10.1. The normalized spacial score (nSPS) is 14.2. The number of nitrogens with zero attached hydrogens (tertiary/aromatic N) is 1. The SMILES string of the molecule is CN(C)S(=O)(=O)c1ccc(S(=O)(=O)Nc2ccc3c(c2)C(=O)NC3)cc1. The first-order chi connectivity index (χ1) is 12.1. The molecule has 2 aromatic carbocycles. The van der Waals surface area contributed by atoms with Crippen LogP contribution in [0.15, 0.2) is 52.3 Å². The highest BCUT2D eigenvalue weighted by atomic mass is 32.2. The Morgan fingerprint density at radius 1 is 0.962 bits per heavy atom. The fourth-order valence-corrected chi connectivity index (χ4v) is 4.44. The van der Waals surface area contributed by atoms with Gasteiger partial charge < -0.3 is 5.32 Å². The first kappa shape index (κ1) is 18.4. The van der Waals surface area contributed by atoms with Crippen molar-refractivity contribution in [3.8, 4) is 0 Å². The Bertz CT molecular complexity index is 1080. The molecule has 3 rings (SSSR count). The van der Waals surface area contributed by atoms with Gasteiger partial charge in [-0.25, -0.2) is 21.1 Å². The molecule has 1 aliphatic heterocycles. The summed E-state index contributed by atoms with van der Waals surface area (Å²) in [5.41, 5.74) is 1.49. The minimum atomic E-state index is -3.92. The largest absolute Gasteiger partial charge is 0.348 e. The zero-order valence-corrected chi connectivity index (χ0v) is 15.7. The number of sulfonamides is 2. The van der Waals surface area contributed by atoms with Crippen molar-refractivity contribution in [1.29, 1.82) is 0 Å². The maximum Gasteiger partial charge on any atom is 0.261 e. The molecule has 8 nitrogen and oxygen atoms in total. The van der Waals surface area contributed by atoms with Gasteiger partial charge in [0.15, 0.2) is 0 Å². The van der Waals surface area contributed by atoms with E-state index in [1.807, 2.05) is 0 Å². The topological polar surface area (TPSA) is 113 Å². The van der Waals surface area contributed by atoms with Gasteiger partial charge in [0.05, 0.1) is 9.79 Å². The van der Waals surface area contributed by atoms with E-state index in [1.54, 1.807) is 12.1 Å². The zero-order chi connectivity index (χ0) is 19.1. The van der Waals surface area contributed by atoms with Gasteiger partial charge in [0.1, 0.15) is 0 Å². The third-order valence-electron chi connectivity index (χ3n) is 3.96. The third-order valence-corrected chi connectivity index (χ3v) is 7.19. The highest BCUT2D eigenvalue weighted by Gasteiger charge is 2.22. The Labute approximate surface area is 151 Å². The summed E-state index contributed by atoms with van der Waals surface area (Å²) in [6, 6.07) is 9.64. The molecule has 0 aliphatic carbocycles. The third kappa shape index (κ3) is 3.30. The molecule has 0 spiro atoms. The Balaban J connectivity index is 1.87. The molecule has 26 heavy (non-hydrogen) atoms. The van der Waals surface area contributed by atoms with Gasteiger partial charge in [0.25, 0.3) is 15.9 Å². The molecule has 2 aromatic rings. The molecule has 0 aromatic heterocycles. The van der Waals surface area contributed by atoms with Gasteiger partial charge in [-0.05, 0) is 42.0 Å². The molecule has 0 bridgehead atoms. The van der Waals surface area contributed by atoms with Crippen molar-refractivity contribution in [2.24, 2.45) is 0 Å². The summed E-state index contributed by atoms with van der Waals surface area (Å²) in [7, 11) is -4.77. The smallest absolute Gasteiger partial charge is 0.261 e. The van der Waals surface area contributed by atoms with Crippen LogP contribution >= 0.6 is 0 Å². The van der Waals surface area contributed by atoms with Crippen LogP contribution in [0.4, 0.5) is 5.69 Å². The van der Waals surface area contributed by atoms with Gasteiger partial charge in [0.2, 0.25) is 10.0 Å². The number of hydrogen-bond donors (Lipinski definition) is 2. The first-order valence-corrected chi connectivity index (χ1v) is 10.5. The molecule has 1 aliphatic rings. The maximum absolute atomic E-state index is 12.5. The van der Waals surface area contributed by atoms with Crippen molar-refractivity contribution in [2.75, 3.05) is 18.8 Å². The number of rotatable bonds is 5. The molecular weight excluding hydrogens is 378 g/mol. The van der Waals surface area contributed by atoms with E-state index < -0.39 is 20.0 Å². The van der Waals surface area contributed by atoms with Gasteiger partial charge in [-0.2, -0.15) is 0 Å². The predicted molar refractivity (Wildman–Crippen MR) is 95.7 cm³/mol. The fourth-order valence-electron chi connectivity index (χ4n) is 2.49. The number of benzene rings is 2. The molecule has 138 valence electrons. The van der Waals surface area contributed by atoms with Crippen molar-refractivity contribution in [3.63, 3.8) is 0 Å². The van der Waals surface area contributed by atoms with Crippen LogP contribution in [-0.4, -0.2) is 41.1 Å². The lowest BCUT2D eigenvalue weighted by Crippen LogP contribution is -2.22. The zero-order valence-electron chi connectivity index (χ0n) is 14.1. The second kappa shape index (κ2) is 6.38. The quantitative estimate of drug-likeness (QED) is 0.784. The van der Waals surface area contributed by atoms with E-state index >= 15 is 0 Å². The van der Waals surface area contributed by atoms with Gasteiger partial charge in [0, 0.05) is 31.9 Å². The Kier molecular flexibility index (Phi) is 4.51. The van der Waals surface area contributed by atoms with Crippen LogP contribution < -0.4 is 10.0 Å². The summed E-state index contributed by atoms with van der Waals surface area (Å²) in [4.78, 5) is 11.6. The van der Waals surface area contributed by atoms with Gasteiger partial charge in [-0.3, -0.25) is 9.52 Å². The Hall–Kier alpha value is -2.43. The van der Waals surface area contributed by atoms with Gasteiger partial charge in [-0.1, -0.05) is 6.07 Å². The van der Waals surface area contributed by atoms with E-state index in [0.717, 1.165) is 9.87 Å². The van der Waals surface area contributed by atoms with E-state index in [0.29, 0.717) is 12.1 Å². The average Bonchev–Trinajstić information content (AvgIpc) is 2.95. The molecule has 1 heterocycles. The van der Waals surface area contributed by atoms with Gasteiger partial charge in [-0.15, -0.1) is 0 Å². The van der Waals surface area contributed by atoms with Crippen LogP contribution in [0.25, 0.3) is 0 Å². The summed E-state index contributed by atoms with van der Waals surface area (Å²) >= 11 is 0. The van der Waals surface area contributed by atoms with Crippen molar-refractivity contribution in [1.82, 2.24) is 9.62 Å². The summed E-state index contributed by atoms with van der Waals surface area (Å²) in [6.07, 6.45) is 0. The number of hydrogen-bond acceptors (Lipinski definition) is 5. The van der Waals surface area contributed by atoms with Crippen LogP contribution in [0.2, 0.25) is 0 Å². The van der Waals surface area contributed by atoms with Crippen molar-refractivity contribution in [2.45, 2.75) is 16.3 Å². The molecule has 0 atom stereocenters. The number of carbonyl (C=O) groups is 1. The fraction of sp³-hybridized carbons (Fsp3) is 0.188. The number of nitrogens with one attached hydrogen (secondary N) is 2. The Morgan fingerprint density at radius 2 is 1.58 bits per heavy atom. The molecule has 0 unspecified atom stereocenters. The molecule has 0 fully saturated rings. The minimum absolute atomic E-state index is 0.00403. The monoisotopic (exact) mass is 395 g/mol. The van der Waals surface area contributed by atoms with E-state index in [9.17, 15) is 21.6 Å². The highest BCUT2D eigenvalue weighted by Crippen LogP contribution is 2.23. The number of carbonyl (C=O) groups excluding carboxylic acids is 1. The number of anilines is 1. The van der Waals surface area contributed by atoms with E-state index in [2.05, 4.69) is 10.0 Å². The maximum atomic E-state index is 12.5. The lowest BCUT2D eigenvalue weighted by molar-refractivity contribution is 0.0965. The van der Waals surface area contributed by atoms with E-state index in [1.165, 1.54) is 44.4 Å². The van der Waals surface area contributed by atoms with Crippen LogP contribution in [0.1, 0.15) is 15.9 Å². The molecule has 0 saturated heterocycles. The van der Waals surface area contributed by atoms with Gasteiger partial charge >= 0.3 is 0 Å². The summed E-state index contributed by atoms with van der Waals surface area (Å²) in [5, 5.41) is 2.66. The van der Waals surface area contributed by atoms with Crippen LogP contribution in [-0.2, 0) is 26.6 Å². The number of amides is 1. The molecular formula is C16H17N3O5S2. The molecule has 1 amide bonds. The number of fused-ring (bicyclic) bond motifs is 1. The summed E-state index contributed by atoms with van der Waals surface area (Å²) in [6.45, 7) is 0.420. The van der Waals surface area contributed by atoms with Crippen LogP contribution in [0, 0.1) is 0 Å². The first-order valence-electron chi connectivity index (χ1n) is 7.58. The molecule has 0 saturated carbocycles. The summed E-state index contributed by atoms with van der Waals surface area (Å²) < 4.78 is 52.5. The minimum Gasteiger partial charge on any atom is -0.348 e. The standard InChI is InChI=1S/C16H17N3O5S2/c1-19(2)26(23,24)14-7-5-13(6-8-14)25(21,22)18-12-4-3-11-10-17-16(20)15(11)9-12/h3-9,18H,10H2,1-2H3,(H,17,20). The van der Waals surface area contributed by atoms with Crippen LogP contribution in [0.3, 0.4) is 0 Å². The van der Waals surface area contributed by atoms with Crippen molar-refractivity contribution >= 4 is 31.6 Å². The van der Waals surface area contributed by atoms with Crippen molar-refractivity contribution < 1.29 is 21.6 Å². The average molecular weight is 395 g/mol. The van der Waals surface area contributed by atoms with Crippen molar-refractivity contribution in [3.05, 3.63) is 53.6 Å². The highest BCUT2D eigenvalue weighted by molar-refractivity contribution is 7.92. The second-order valence-electron chi connectivity index (χ2n) is 5.92. The molecule has 10 heteroatoms.